The average molecular weight is 253 g/mol. The molecule has 0 aliphatic heterocycles. The fourth-order valence-electron chi connectivity index (χ4n) is 3.48. The van der Waals surface area contributed by atoms with Gasteiger partial charge < -0.3 is 5.32 Å². The maximum absolute atomic E-state index is 3.75. The Morgan fingerprint density at radius 1 is 1.24 bits per heavy atom. The molecular formula is C15H27NS. The van der Waals surface area contributed by atoms with Gasteiger partial charge in [-0.1, -0.05) is 26.0 Å². The highest BCUT2D eigenvalue weighted by Crippen LogP contribution is 2.43. The van der Waals surface area contributed by atoms with Gasteiger partial charge in [-0.2, -0.15) is 11.8 Å². The molecule has 0 saturated heterocycles. The Morgan fingerprint density at radius 2 is 2.00 bits per heavy atom. The fourth-order valence-corrected chi connectivity index (χ4v) is 4.30. The first-order chi connectivity index (χ1) is 8.23. The predicted octanol–water partition coefficient (Wildman–Crippen LogP) is 3.71. The van der Waals surface area contributed by atoms with Crippen molar-refractivity contribution in [2.45, 2.75) is 44.3 Å². The molecule has 1 fully saturated rings. The summed E-state index contributed by atoms with van der Waals surface area (Å²) in [5.41, 5.74) is 0. The number of hydrogen-bond donors (Lipinski definition) is 1. The van der Waals surface area contributed by atoms with Crippen molar-refractivity contribution in [3.05, 3.63) is 12.2 Å². The molecule has 17 heavy (non-hydrogen) atoms. The summed E-state index contributed by atoms with van der Waals surface area (Å²) < 4.78 is 0.466. The van der Waals surface area contributed by atoms with E-state index in [1.165, 1.54) is 38.8 Å². The summed E-state index contributed by atoms with van der Waals surface area (Å²) in [6.45, 7) is 7.05. The third-order valence-corrected chi connectivity index (χ3v) is 6.58. The first-order valence-corrected chi connectivity index (χ1v) is 8.39. The van der Waals surface area contributed by atoms with E-state index in [-0.39, 0.29) is 0 Å². The van der Waals surface area contributed by atoms with Gasteiger partial charge in [-0.15, -0.1) is 0 Å². The van der Waals surface area contributed by atoms with E-state index in [0.717, 1.165) is 17.8 Å². The Balaban J connectivity index is 1.74. The van der Waals surface area contributed by atoms with Crippen LogP contribution in [0.4, 0.5) is 0 Å². The molecule has 2 heteroatoms. The quantitative estimate of drug-likeness (QED) is 0.694. The average Bonchev–Trinajstić information content (AvgIpc) is 2.97. The number of allylic oxidation sites excluding steroid dienone is 2. The highest BCUT2D eigenvalue weighted by atomic mass is 32.2. The van der Waals surface area contributed by atoms with Gasteiger partial charge in [0.1, 0.15) is 0 Å². The Labute approximate surface area is 111 Å². The summed E-state index contributed by atoms with van der Waals surface area (Å²) in [6, 6.07) is 0. The number of fused-ring (bicyclic) bond motifs is 2. The van der Waals surface area contributed by atoms with Gasteiger partial charge >= 0.3 is 0 Å². The molecule has 98 valence electrons. The molecule has 0 aromatic rings. The molecule has 2 aliphatic rings. The molecule has 1 N–H and O–H groups in total. The van der Waals surface area contributed by atoms with Crippen molar-refractivity contribution in [2.24, 2.45) is 17.8 Å². The van der Waals surface area contributed by atoms with Gasteiger partial charge in [0.15, 0.2) is 0 Å². The van der Waals surface area contributed by atoms with Crippen LogP contribution in [0.3, 0.4) is 0 Å². The zero-order valence-corrected chi connectivity index (χ0v) is 12.4. The Bertz CT molecular complexity index is 262. The van der Waals surface area contributed by atoms with Crippen molar-refractivity contribution >= 4 is 11.8 Å². The lowest BCUT2D eigenvalue weighted by Crippen LogP contribution is -2.39. The molecule has 0 spiro atoms. The van der Waals surface area contributed by atoms with Crippen LogP contribution in [0.5, 0.6) is 0 Å². The lowest BCUT2D eigenvalue weighted by atomic mass is 9.93. The van der Waals surface area contributed by atoms with Crippen LogP contribution in [0.15, 0.2) is 12.2 Å². The smallest absolute Gasteiger partial charge is 0.0276 e. The Morgan fingerprint density at radius 3 is 2.47 bits per heavy atom. The maximum Gasteiger partial charge on any atom is 0.0276 e. The first-order valence-electron chi connectivity index (χ1n) is 7.17. The monoisotopic (exact) mass is 253 g/mol. The topological polar surface area (TPSA) is 12.0 Å². The summed E-state index contributed by atoms with van der Waals surface area (Å²) in [5, 5.41) is 3.75. The van der Waals surface area contributed by atoms with Crippen molar-refractivity contribution in [3.8, 4) is 0 Å². The highest BCUT2D eigenvalue weighted by Gasteiger charge is 2.35. The third-order valence-electron chi connectivity index (χ3n) is 4.99. The van der Waals surface area contributed by atoms with Gasteiger partial charge in [0.25, 0.3) is 0 Å². The highest BCUT2D eigenvalue weighted by molar-refractivity contribution is 8.00. The van der Waals surface area contributed by atoms with E-state index in [1.54, 1.807) is 0 Å². The standard InChI is InChI=1S/C15H27NS/c1-4-15(5-2,17-3)11-16-10-14-9-12-6-7-13(14)8-12/h6-7,12-14,16H,4-5,8-11H2,1-3H3. The minimum absolute atomic E-state index is 0.466. The number of thioether (sulfide) groups is 1. The van der Waals surface area contributed by atoms with E-state index < -0.39 is 0 Å². The van der Waals surface area contributed by atoms with Crippen molar-refractivity contribution in [2.75, 3.05) is 19.3 Å². The van der Waals surface area contributed by atoms with Crippen molar-refractivity contribution in [1.82, 2.24) is 5.32 Å². The van der Waals surface area contributed by atoms with Crippen LogP contribution in [0, 0.1) is 17.8 Å². The van der Waals surface area contributed by atoms with Crippen LogP contribution in [-0.4, -0.2) is 24.1 Å². The molecular weight excluding hydrogens is 226 g/mol. The molecule has 2 aliphatic carbocycles. The predicted molar refractivity (Wildman–Crippen MR) is 78.5 cm³/mol. The summed E-state index contributed by atoms with van der Waals surface area (Å²) in [6.07, 6.45) is 12.6. The summed E-state index contributed by atoms with van der Waals surface area (Å²) >= 11 is 2.04. The number of rotatable bonds is 7. The van der Waals surface area contributed by atoms with E-state index in [0.29, 0.717) is 4.75 Å². The third kappa shape index (κ3) is 2.90. The van der Waals surface area contributed by atoms with Gasteiger partial charge in [0.05, 0.1) is 0 Å². The van der Waals surface area contributed by atoms with Crippen LogP contribution in [-0.2, 0) is 0 Å². The second kappa shape index (κ2) is 5.79. The number of nitrogens with one attached hydrogen (secondary N) is 1. The molecule has 0 amide bonds. The molecule has 1 nitrogen and oxygen atoms in total. The van der Waals surface area contributed by atoms with Crippen LogP contribution < -0.4 is 5.32 Å². The number of hydrogen-bond acceptors (Lipinski definition) is 2. The SMILES string of the molecule is CCC(CC)(CNCC1CC2C=CC1C2)SC. The van der Waals surface area contributed by atoms with Crippen molar-refractivity contribution < 1.29 is 0 Å². The largest absolute Gasteiger partial charge is 0.315 e. The Hall–Kier alpha value is 0.0500. The zero-order chi connectivity index (χ0) is 12.3. The van der Waals surface area contributed by atoms with Gasteiger partial charge in [-0.25, -0.2) is 0 Å². The molecule has 0 aromatic heterocycles. The second-order valence-electron chi connectivity index (χ2n) is 5.77. The van der Waals surface area contributed by atoms with Gasteiger partial charge in [-0.3, -0.25) is 0 Å². The molecule has 3 atom stereocenters. The summed E-state index contributed by atoms with van der Waals surface area (Å²) in [7, 11) is 0. The zero-order valence-electron chi connectivity index (χ0n) is 11.5. The lowest BCUT2D eigenvalue weighted by Gasteiger charge is -2.31. The molecule has 3 unspecified atom stereocenters. The van der Waals surface area contributed by atoms with Gasteiger partial charge in [0, 0.05) is 11.3 Å². The molecule has 2 rings (SSSR count). The second-order valence-corrected chi connectivity index (χ2v) is 7.04. The van der Waals surface area contributed by atoms with Crippen molar-refractivity contribution in [3.63, 3.8) is 0 Å². The van der Waals surface area contributed by atoms with E-state index in [1.807, 2.05) is 11.8 Å². The van der Waals surface area contributed by atoms with Crippen LogP contribution in [0.25, 0.3) is 0 Å². The first kappa shape index (κ1) is 13.5. The fraction of sp³-hybridized carbons (Fsp3) is 0.867. The van der Waals surface area contributed by atoms with Crippen LogP contribution in [0.2, 0.25) is 0 Å². The van der Waals surface area contributed by atoms with Gasteiger partial charge in [-0.05, 0) is 56.2 Å². The Kier molecular flexibility index (Phi) is 4.59. The van der Waals surface area contributed by atoms with E-state index in [2.05, 4.69) is 37.6 Å². The minimum Gasteiger partial charge on any atom is -0.315 e. The lowest BCUT2D eigenvalue weighted by molar-refractivity contribution is 0.393. The van der Waals surface area contributed by atoms with Crippen LogP contribution in [0.1, 0.15) is 39.5 Å². The van der Waals surface area contributed by atoms with Gasteiger partial charge in [0.2, 0.25) is 0 Å². The van der Waals surface area contributed by atoms with E-state index in [4.69, 9.17) is 0 Å². The van der Waals surface area contributed by atoms with Crippen molar-refractivity contribution in [1.29, 1.82) is 0 Å². The molecule has 0 aromatic carbocycles. The normalized spacial score (nSPS) is 31.4. The minimum atomic E-state index is 0.466. The maximum atomic E-state index is 3.75. The van der Waals surface area contributed by atoms with E-state index in [9.17, 15) is 0 Å². The summed E-state index contributed by atoms with van der Waals surface area (Å²) in [4.78, 5) is 0. The molecule has 0 radical (unpaired) electrons. The van der Waals surface area contributed by atoms with Crippen LogP contribution >= 0.6 is 11.8 Å². The molecule has 2 bridgehead atoms. The summed E-state index contributed by atoms with van der Waals surface area (Å²) in [5.74, 6) is 2.71. The van der Waals surface area contributed by atoms with E-state index >= 15 is 0 Å². The molecule has 1 saturated carbocycles. The molecule has 0 heterocycles.